The van der Waals surface area contributed by atoms with Gasteiger partial charge in [0, 0.05) is 22.5 Å². The van der Waals surface area contributed by atoms with Gasteiger partial charge >= 0.3 is 6.03 Å². The summed E-state index contributed by atoms with van der Waals surface area (Å²) in [7, 11) is 0. The highest BCUT2D eigenvalue weighted by Crippen LogP contribution is 2.33. The van der Waals surface area contributed by atoms with E-state index in [-0.39, 0.29) is 6.03 Å². The Morgan fingerprint density at radius 2 is 2.05 bits per heavy atom. The lowest BCUT2D eigenvalue weighted by Crippen LogP contribution is -2.34. The number of halogens is 2. The smallest absolute Gasteiger partial charge is 0.323 e. The highest BCUT2D eigenvalue weighted by molar-refractivity contribution is 9.10. The van der Waals surface area contributed by atoms with E-state index in [1.54, 1.807) is 11.1 Å². The van der Waals surface area contributed by atoms with Gasteiger partial charge in [-0.1, -0.05) is 33.8 Å². The van der Waals surface area contributed by atoms with E-state index in [1.165, 1.54) is 16.4 Å². The summed E-state index contributed by atoms with van der Waals surface area (Å²) in [6, 6.07) is 7.86. The summed E-state index contributed by atoms with van der Waals surface area (Å²) in [5.41, 5.74) is 0. The maximum absolute atomic E-state index is 12.3. The molecule has 0 spiro atoms. The lowest BCUT2D eigenvalue weighted by Gasteiger charge is -2.17. The van der Waals surface area contributed by atoms with Crippen molar-refractivity contribution in [2.75, 3.05) is 13.1 Å². The Kier molecular flexibility index (Phi) is 5.89. The van der Waals surface area contributed by atoms with E-state index in [4.69, 9.17) is 0 Å². The molecule has 4 nitrogen and oxygen atoms in total. The molecule has 7 heteroatoms. The van der Waals surface area contributed by atoms with Gasteiger partial charge < -0.3 is 4.90 Å². The summed E-state index contributed by atoms with van der Waals surface area (Å²) in [4.78, 5) is 15.1. The molecule has 0 atom stereocenters. The van der Waals surface area contributed by atoms with Crippen molar-refractivity contribution in [3.63, 3.8) is 0 Å². The zero-order valence-electron chi connectivity index (χ0n) is 11.7. The van der Waals surface area contributed by atoms with E-state index in [0.29, 0.717) is 13.1 Å². The fourth-order valence-corrected chi connectivity index (χ4v) is 3.69. The number of hydrogen-bond donors (Lipinski definition) is 0. The molecule has 21 heavy (non-hydrogen) atoms. The minimum absolute atomic E-state index is 0.109. The number of aromatic nitrogens is 2. The van der Waals surface area contributed by atoms with Crippen molar-refractivity contribution in [3.8, 4) is 0 Å². The minimum atomic E-state index is -0.109. The lowest BCUT2D eigenvalue weighted by molar-refractivity contribution is 0.201. The summed E-state index contributed by atoms with van der Waals surface area (Å²) >= 11 is 8.43. The van der Waals surface area contributed by atoms with Crippen molar-refractivity contribution in [1.82, 2.24) is 14.7 Å². The van der Waals surface area contributed by atoms with E-state index in [1.807, 2.05) is 38.1 Å². The summed E-state index contributed by atoms with van der Waals surface area (Å²) in [6.07, 6.45) is 1.71. The second-order valence-corrected chi connectivity index (χ2v) is 7.07. The minimum Gasteiger partial charge on any atom is -0.323 e. The van der Waals surface area contributed by atoms with Crippen molar-refractivity contribution >= 4 is 49.7 Å². The van der Waals surface area contributed by atoms with Crippen molar-refractivity contribution in [1.29, 1.82) is 0 Å². The van der Waals surface area contributed by atoms with Gasteiger partial charge in [-0.05, 0) is 48.0 Å². The summed E-state index contributed by atoms with van der Waals surface area (Å²) in [6.45, 7) is 5.25. The van der Waals surface area contributed by atoms with Crippen LogP contribution in [0.4, 0.5) is 4.79 Å². The number of carbonyl (C=O) groups is 1. The van der Waals surface area contributed by atoms with Crippen LogP contribution in [0.25, 0.3) is 0 Å². The maximum atomic E-state index is 12.3. The average molecular weight is 433 g/mol. The van der Waals surface area contributed by atoms with Crippen LogP contribution in [0.3, 0.4) is 0 Å². The summed E-state index contributed by atoms with van der Waals surface area (Å²) < 4.78 is 3.22. The van der Waals surface area contributed by atoms with Gasteiger partial charge in [-0.3, -0.25) is 0 Å². The summed E-state index contributed by atoms with van der Waals surface area (Å²) in [5, 5.41) is 5.15. The van der Waals surface area contributed by atoms with Gasteiger partial charge in [0.15, 0.2) is 0 Å². The Morgan fingerprint density at radius 1 is 1.33 bits per heavy atom. The molecule has 0 N–H and O–H groups in total. The Labute approximate surface area is 145 Å². The van der Waals surface area contributed by atoms with Gasteiger partial charge in [0.2, 0.25) is 0 Å². The fraction of sp³-hybridized carbons (Fsp3) is 0.286. The van der Waals surface area contributed by atoms with Crippen LogP contribution in [0, 0.1) is 0 Å². The van der Waals surface area contributed by atoms with E-state index < -0.39 is 0 Å². The first-order valence-corrected chi connectivity index (χ1v) is 8.93. The molecular formula is C14H15Br2N3OS. The zero-order valence-corrected chi connectivity index (χ0v) is 15.7. The zero-order chi connectivity index (χ0) is 15.4. The molecule has 0 saturated carbocycles. The second-order valence-electron chi connectivity index (χ2n) is 4.24. The van der Waals surface area contributed by atoms with Crippen molar-refractivity contribution in [3.05, 3.63) is 39.4 Å². The predicted octanol–water partition coefficient (Wildman–Crippen LogP) is 4.87. The second kappa shape index (κ2) is 7.47. The predicted molar refractivity (Wildman–Crippen MR) is 91.9 cm³/mol. The number of nitrogens with zero attached hydrogens (tertiary/aromatic N) is 3. The Bertz CT molecular complexity index is 641. The molecule has 0 aliphatic heterocycles. The normalized spacial score (nSPS) is 10.7. The molecule has 1 aromatic carbocycles. The molecule has 2 aromatic rings. The molecule has 1 amide bonds. The molecule has 0 bridgehead atoms. The van der Waals surface area contributed by atoms with Crippen LogP contribution < -0.4 is 0 Å². The molecule has 0 fully saturated rings. The number of benzene rings is 1. The first-order valence-electron chi connectivity index (χ1n) is 6.53. The highest BCUT2D eigenvalue weighted by atomic mass is 79.9. The molecular weight excluding hydrogens is 418 g/mol. The van der Waals surface area contributed by atoms with E-state index in [9.17, 15) is 4.79 Å². The molecule has 1 aromatic heterocycles. The fourth-order valence-electron chi connectivity index (χ4n) is 1.79. The molecule has 0 aliphatic rings. The first-order chi connectivity index (χ1) is 10.0. The average Bonchev–Trinajstić information content (AvgIpc) is 2.81. The van der Waals surface area contributed by atoms with E-state index >= 15 is 0 Å². The SMILES string of the molecule is CCN(CC)C(=O)n1cc(Br)c(Sc2cccc(Br)c2)n1. The Balaban J connectivity index is 2.21. The van der Waals surface area contributed by atoms with Gasteiger partial charge in [-0.2, -0.15) is 9.78 Å². The summed E-state index contributed by atoms with van der Waals surface area (Å²) in [5.74, 6) is 0. The number of amides is 1. The molecule has 2 rings (SSSR count). The van der Waals surface area contributed by atoms with Crippen molar-refractivity contribution in [2.24, 2.45) is 0 Å². The van der Waals surface area contributed by atoms with Crippen LogP contribution >= 0.6 is 43.6 Å². The Morgan fingerprint density at radius 3 is 2.67 bits per heavy atom. The molecule has 0 unspecified atom stereocenters. The largest absolute Gasteiger partial charge is 0.344 e. The molecule has 0 aliphatic carbocycles. The molecule has 0 saturated heterocycles. The lowest BCUT2D eigenvalue weighted by atomic mass is 10.4. The van der Waals surface area contributed by atoms with Crippen molar-refractivity contribution < 1.29 is 4.79 Å². The third-order valence-corrected chi connectivity index (χ3v) is 5.20. The van der Waals surface area contributed by atoms with Gasteiger partial charge in [0.25, 0.3) is 0 Å². The van der Waals surface area contributed by atoms with Gasteiger partial charge in [-0.25, -0.2) is 4.79 Å². The third-order valence-electron chi connectivity index (χ3n) is 2.88. The number of rotatable bonds is 4. The molecule has 112 valence electrons. The molecule has 0 radical (unpaired) electrons. The van der Waals surface area contributed by atoms with Crippen LogP contribution in [0.2, 0.25) is 0 Å². The topological polar surface area (TPSA) is 38.1 Å². The number of hydrogen-bond acceptors (Lipinski definition) is 3. The van der Waals surface area contributed by atoms with E-state index in [0.717, 1.165) is 18.9 Å². The monoisotopic (exact) mass is 431 g/mol. The van der Waals surface area contributed by atoms with Crippen LogP contribution in [-0.4, -0.2) is 33.8 Å². The van der Waals surface area contributed by atoms with Crippen LogP contribution in [-0.2, 0) is 0 Å². The highest BCUT2D eigenvalue weighted by Gasteiger charge is 2.16. The van der Waals surface area contributed by atoms with Gasteiger partial charge in [-0.15, -0.1) is 0 Å². The van der Waals surface area contributed by atoms with Crippen molar-refractivity contribution in [2.45, 2.75) is 23.8 Å². The first kappa shape index (κ1) is 16.6. The van der Waals surface area contributed by atoms with E-state index in [2.05, 4.69) is 37.0 Å². The third kappa shape index (κ3) is 4.11. The van der Waals surface area contributed by atoms with Crippen LogP contribution in [0.1, 0.15) is 13.8 Å². The Hall–Kier alpha value is -0.790. The number of carbonyl (C=O) groups excluding carboxylic acids is 1. The standard InChI is InChI=1S/C14H15Br2N3OS/c1-3-18(4-2)14(20)19-9-12(16)13(17-19)21-11-7-5-6-10(15)8-11/h5-9H,3-4H2,1-2H3. The molecule has 1 heterocycles. The van der Waals surface area contributed by atoms with Gasteiger partial charge in [0.05, 0.1) is 10.7 Å². The maximum Gasteiger partial charge on any atom is 0.344 e. The van der Waals surface area contributed by atoms with Crippen LogP contribution in [0.15, 0.2) is 49.3 Å². The van der Waals surface area contributed by atoms with Crippen LogP contribution in [0.5, 0.6) is 0 Å². The van der Waals surface area contributed by atoms with Gasteiger partial charge in [0.1, 0.15) is 5.03 Å². The quantitative estimate of drug-likeness (QED) is 0.691.